The van der Waals surface area contributed by atoms with Crippen molar-refractivity contribution in [1.29, 1.82) is 0 Å². The average Bonchev–Trinajstić information content (AvgIpc) is 3.10. The van der Waals surface area contributed by atoms with E-state index < -0.39 is 15.7 Å². The van der Waals surface area contributed by atoms with Crippen molar-refractivity contribution in [2.75, 3.05) is 18.2 Å². The number of benzene rings is 2. The molecule has 0 aliphatic carbocycles. The van der Waals surface area contributed by atoms with Crippen LogP contribution in [-0.4, -0.2) is 32.2 Å². The lowest BCUT2D eigenvalue weighted by molar-refractivity contribution is 0.102. The number of carbonyl (C=O) groups is 1. The first-order chi connectivity index (χ1) is 12.9. The highest BCUT2D eigenvalue weighted by Gasteiger charge is 2.13. The molecule has 2 aromatic carbocycles. The number of ether oxygens (including phenoxy) is 1. The summed E-state index contributed by atoms with van der Waals surface area (Å²) in [6.45, 7) is 2.53. The van der Waals surface area contributed by atoms with Crippen molar-refractivity contribution in [2.24, 2.45) is 0 Å². The third-order valence-electron chi connectivity index (χ3n) is 3.71. The first-order valence-corrected chi connectivity index (χ1v) is 10.9. The van der Waals surface area contributed by atoms with Crippen molar-refractivity contribution in [3.05, 3.63) is 59.5 Å². The molecule has 1 N–H and O–H groups in total. The minimum absolute atomic E-state index is 0.101. The van der Waals surface area contributed by atoms with Gasteiger partial charge in [-0.1, -0.05) is 6.07 Å². The van der Waals surface area contributed by atoms with Crippen LogP contribution in [0, 0.1) is 0 Å². The molecule has 140 valence electrons. The van der Waals surface area contributed by atoms with Gasteiger partial charge in [-0.2, -0.15) is 0 Å². The molecule has 0 saturated carbocycles. The average molecular weight is 402 g/mol. The third-order valence-corrected chi connectivity index (χ3v) is 5.58. The Kier molecular flexibility index (Phi) is 5.57. The molecule has 3 aromatic rings. The number of thiazole rings is 1. The van der Waals surface area contributed by atoms with Gasteiger partial charge in [0.15, 0.2) is 15.0 Å². The summed E-state index contributed by atoms with van der Waals surface area (Å²) < 4.78 is 28.7. The fourth-order valence-corrected chi connectivity index (χ4v) is 3.77. The molecule has 0 fully saturated rings. The van der Waals surface area contributed by atoms with Crippen LogP contribution < -0.4 is 10.1 Å². The molecule has 27 heavy (non-hydrogen) atoms. The molecule has 0 spiro atoms. The fraction of sp³-hybridized carbons (Fsp3) is 0.158. The lowest BCUT2D eigenvalue weighted by Gasteiger charge is -2.04. The molecular weight excluding hydrogens is 384 g/mol. The largest absolute Gasteiger partial charge is 0.494 e. The maximum absolute atomic E-state index is 12.4. The van der Waals surface area contributed by atoms with E-state index in [-0.39, 0.29) is 10.5 Å². The number of amides is 1. The van der Waals surface area contributed by atoms with Gasteiger partial charge < -0.3 is 4.74 Å². The Labute approximate surface area is 161 Å². The quantitative estimate of drug-likeness (QED) is 0.677. The lowest BCUT2D eigenvalue weighted by Crippen LogP contribution is -2.12. The maximum atomic E-state index is 12.4. The highest BCUT2D eigenvalue weighted by atomic mass is 32.2. The molecule has 6 nitrogen and oxygen atoms in total. The van der Waals surface area contributed by atoms with Crippen LogP contribution in [0.4, 0.5) is 5.13 Å². The van der Waals surface area contributed by atoms with Gasteiger partial charge in [-0.05, 0) is 49.4 Å². The first-order valence-electron chi connectivity index (χ1n) is 8.17. The Bertz CT molecular complexity index is 1060. The first kappa shape index (κ1) is 19.1. The number of anilines is 1. The number of aromatic nitrogens is 1. The molecule has 0 atom stereocenters. The SMILES string of the molecule is CCOc1ccc(-c2csc(NC(=O)c3cccc(S(C)(=O)=O)c3)n2)cc1. The number of rotatable bonds is 6. The van der Waals surface area contributed by atoms with Gasteiger partial charge in [-0.15, -0.1) is 11.3 Å². The zero-order valence-electron chi connectivity index (χ0n) is 14.8. The summed E-state index contributed by atoms with van der Waals surface area (Å²) in [6, 6.07) is 13.5. The van der Waals surface area contributed by atoms with E-state index in [1.165, 1.54) is 23.5 Å². The number of hydrogen-bond acceptors (Lipinski definition) is 6. The molecule has 0 aliphatic heterocycles. The van der Waals surface area contributed by atoms with Gasteiger partial charge in [-0.25, -0.2) is 13.4 Å². The molecule has 1 aromatic heterocycles. The Morgan fingerprint density at radius 1 is 1.19 bits per heavy atom. The Morgan fingerprint density at radius 3 is 2.59 bits per heavy atom. The zero-order valence-corrected chi connectivity index (χ0v) is 16.4. The minimum atomic E-state index is -3.37. The zero-order chi connectivity index (χ0) is 19.4. The number of carbonyl (C=O) groups excluding carboxylic acids is 1. The van der Waals surface area contributed by atoms with E-state index in [4.69, 9.17) is 4.74 Å². The number of nitrogens with zero attached hydrogens (tertiary/aromatic N) is 1. The van der Waals surface area contributed by atoms with Crippen LogP contribution in [0.3, 0.4) is 0 Å². The normalized spacial score (nSPS) is 11.2. The van der Waals surface area contributed by atoms with Gasteiger partial charge in [0.25, 0.3) is 5.91 Å². The summed E-state index contributed by atoms with van der Waals surface area (Å²) in [5, 5.41) is 4.99. The predicted octanol–water partition coefficient (Wildman–Crippen LogP) is 3.86. The topological polar surface area (TPSA) is 85.4 Å². The van der Waals surface area contributed by atoms with Gasteiger partial charge in [0.1, 0.15) is 5.75 Å². The summed E-state index contributed by atoms with van der Waals surface area (Å²) >= 11 is 1.30. The molecule has 1 amide bonds. The van der Waals surface area contributed by atoms with Crippen molar-refractivity contribution in [1.82, 2.24) is 4.98 Å². The Morgan fingerprint density at radius 2 is 1.93 bits per heavy atom. The fourth-order valence-electron chi connectivity index (χ4n) is 2.39. The summed E-state index contributed by atoms with van der Waals surface area (Å²) in [4.78, 5) is 16.9. The van der Waals surface area contributed by atoms with E-state index >= 15 is 0 Å². The molecule has 1 heterocycles. The minimum Gasteiger partial charge on any atom is -0.494 e. The van der Waals surface area contributed by atoms with E-state index in [1.807, 2.05) is 36.6 Å². The van der Waals surface area contributed by atoms with E-state index in [0.717, 1.165) is 23.3 Å². The van der Waals surface area contributed by atoms with Gasteiger partial charge in [0, 0.05) is 22.8 Å². The molecule has 0 aliphatic rings. The monoisotopic (exact) mass is 402 g/mol. The van der Waals surface area contributed by atoms with Gasteiger partial charge in [-0.3, -0.25) is 10.1 Å². The van der Waals surface area contributed by atoms with Crippen molar-refractivity contribution in [3.63, 3.8) is 0 Å². The summed E-state index contributed by atoms with van der Waals surface area (Å²) in [5.74, 6) is 0.379. The van der Waals surface area contributed by atoms with Crippen LogP contribution in [0.25, 0.3) is 11.3 Å². The predicted molar refractivity (Wildman–Crippen MR) is 106 cm³/mol. The molecule has 0 unspecified atom stereocenters. The molecule has 3 rings (SSSR count). The molecule has 8 heteroatoms. The van der Waals surface area contributed by atoms with Crippen LogP contribution >= 0.6 is 11.3 Å². The lowest BCUT2D eigenvalue weighted by atomic mass is 10.2. The van der Waals surface area contributed by atoms with Gasteiger partial charge in [0.05, 0.1) is 17.2 Å². The van der Waals surface area contributed by atoms with Crippen LogP contribution in [-0.2, 0) is 9.84 Å². The molecular formula is C19H18N2O4S2. The van der Waals surface area contributed by atoms with Gasteiger partial charge >= 0.3 is 0 Å². The summed E-state index contributed by atoms with van der Waals surface area (Å²) in [6.07, 6.45) is 1.11. The van der Waals surface area contributed by atoms with Crippen LogP contribution in [0.5, 0.6) is 5.75 Å². The number of hydrogen-bond donors (Lipinski definition) is 1. The number of nitrogens with one attached hydrogen (secondary N) is 1. The Balaban J connectivity index is 1.75. The van der Waals surface area contributed by atoms with E-state index in [9.17, 15) is 13.2 Å². The summed E-state index contributed by atoms with van der Waals surface area (Å²) in [7, 11) is -3.37. The highest BCUT2D eigenvalue weighted by Crippen LogP contribution is 2.27. The Hall–Kier alpha value is -2.71. The van der Waals surface area contributed by atoms with E-state index in [1.54, 1.807) is 12.1 Å². The maximum Gasteiger partial charge on any atom is 0.257 e. The highest BCUT2D eigenvalue weighted by molar-refractivity contribution is 7.90. The number of sulfone groups is 1. The van der Waals surface area contributed by atoms with E-state index in [0.29, 0.717) is 11.7 Å². The van der Waals surface area contributed by atoms with Gasteiger partial charge in [0.2, 0.25) is 0 Å². The van der Waals surface area contributed by atoms with Crippen molar-refractivity contribution in [3.8, 4) is 17.0 Å². The smallest absolute Gasteiger partial charge is 0.257 e. The van der Waals surface area contributed by atoms with Crippen molar-refractivity contribution < 1.29 is 17.9 Å². The summed E-state index contributed by atoms with van der Waals surface area (Å²) in [5.41, 5.74) is 1.91. The second kappa shape index (κ2) is 7.89. The van der Waals surface area contributed by atoms with Crippen LogP contribution in [0.2, 0.25) is 0 Å². The third kappa shape index (κ3) is 4.72. The second-order valence-electron chi connectivity index (χ2n) is 5.75. The van der Waals surface area contributed by atoms with E-state index in [2.05, 4.69) is 10.3 Å². The molecule has 0 saturated heterocycles. The van der Waals surface area contributed by atoms with Crippen molar-refractivity contribution in [2.45, 2.75) is 11.8 Å². The molecule has 0 bridgehead atoms. The second-order valence-corrected chi connectivity index (χ2v) is 8.62. The van der Waals surface area contributed by atoms with Crippen LogP contribution in [0.15, 0.2) is 58.8 Å². The van der Waals surface area contributed by atoms with Crippen LogP contribution in [0.1, 0.15) is 17.3 Å². The van der Waals surface area contributed by atoms with Crippen molar-refractivity contribution >= 4 is 32.2 Å². The molecule has 0 radical (unpaired) electrons. The standard InChI is InChI=1S/C19H18N2O4S2/c1-3-25-15-9-7-13(8-10-15)17-12-26-19(20-17)21-18(22)14-5-4-6-16(11-14)27(2,23)24/h4-12H,3H2,1-2H3,(H,20,21,22).